The van der Waals surface area contributed by atoms with E-state index in [9.17, 15) is 14.4 Å². The highest BCUT2D eigenvalue weighted by atomic mass is 16.6. The van der Waals surface area contributed by atoms with Crippen LogP contribution in [0.3, 0.4) is 0 Å². The van der Waals surface area contributed by atoms with Crippen LogP contribution in [-0.2, 0) is 28.6 Å². The van der Waals surface area contributed by atoms with Gasteiger partial charge in [-0.15, -0.1) is 0 Å². The van der Waals surface area contributed by atoms with E-state index in [0.29, 0.717) is 19.3 Å². The topological polar surface area (TPSA) is 78.9 Å². The van der Waals surface area contributed by atoms with Gasteiger partial charge in [-0.2, -0.15) is 0 Å². The van der Waals surface area contributed by atoms with Gasteiger partial charge in [0, 0.05) is 19.3 Å². The molecule has 0 aliphatic carbocycles. The number of carbonyl (C=O) groups excluding carboxylic acids is 3. The number of rotatable bonds is 61. The largest absolute Gasteiger partial charge is 0.462 e. The second-order valence-corrected chi connectivity index (χ2v) is 22.4. The molecule has 0 saturated carbocycles. The molecule has 0 N–H and O–H groups in total. The van der Waals surface area contributed by atoms with Crippen molar-refractivity contribution in [3.8, 4) is 0 Å². The van der Waals surface area contributed by atoms with Crippen LogP contribution in [0.2, 0.25) is 0 Å². The fraction of sp³-hybridized carbons (Fsp3) is 0.841. The van der Waals surface area contributed by atoms with E-state index >= 15 is 0 Å². The van der Waals surface area contributed by atoms with Crippen LogP contribution >= 0.6 is 0 Å². The number of ether oxygens (including phenoxy) is 3. The lowest BCUT2D eigenvalue weighted by molar-refractivity contribution is -0.167. The zero-order chi connectivity index (χ0) is 54.3. The third-order valence-corrected chi connectivity index (χ3v) is 14.8. The fourth-order valence-electron chi connectivity index (χ4n) is 9.80. The molecular weight excluding hydrogens is 925 g/mol. The molecule has 0 radical (unpaired) electrons. The van der Waals surface area contributed by atoms with Crippen LogP contribution in [-0.4, -0.2) is 37.2 Å². The van der Waals surface area contributed by atoms with E-state index in [2.05, 4.69) is 69.4 Å². The average Bonchev–Trinajstić information content (AvgIpc) is 3.41. The maximum Gasteiger partial charge on any atom is 0.306 e. The molecule has 0 saturated heterocycles. The van der Waals surface area contributed by atoms with Crippen molar-refractivity contribution >= 4 is 17.9 Å². The summed E-state index contributed by atoms with van der Waals surface area (Å²) in [5.41, 5.74) is 0. The lowest BCUT2D eigenvalue weighted by atomic mass is 10.0. The van der Waals surface area contributed by atoms with Crippen molar-refractivity contribution in [3.63, 3.8) is 0 Å². The van der Waals surface area contributed by atoms with Crippen molar-refractivity contribution in [3.05, 3.63) is 48.6 Å². The Morgan fingerprint density at radius 2 is 0.480 bits per heavy atom. The van der Waals surface area contributed by atoms with Gasteiger partial charge in [-0.25, -0.2) is 0 Å². The summed E-state index contributed by atoms with van der Waals surface area (Å²) in [6.07, 6.45) is 80.4. The minimum absolute atomic E-state index is 0.0713. The summed E-state index contributed by atoms with van der Waals surface area (Å²) < 4.78 is 16.8. The van der Waals surface area contributed by atoms with Crippen molar-refractivity contribution in [1.29, 1.82) is 0 Å². The van der Waals surface area contributed by atoms with Crippen molar-refractivity contribution in [2.75, 3.05) is 13.2 Å². The first-order valence-corrected chi connectivity index (χ1v) is 33.1. The Morgan fingerprint density at radius 3 is 0.733 bits per heavy atom. The first-order chi connectivity index (χ1) is 37.0. The highest BCUT2D eigenvalue weighted by Gasteiger charge is 2.19. The molecule has 0 amide bonds. The van der Waals surface area contributed by atoms with Gasteiger partial charge in [0.1, 0.15) is 13.2 Å². The van der Waals surface area contributed by atoms with E-state index in [1.807, 2.05) is 0 Å². The fourth-order valence-corrected chi connectivity index (χ4v) is 9.80. The molecule has 0 aromatic heterocycles. The van der Waals surface area contributed by atoms with Gasteiger partial charge < -0.3 is 14.2 Å². The minimum Gasteiger partial charge on any atom is -0.462 e. The summed E-state index contributed by atoms with van der Waals surface area (Å²) in [7, 11) is 0. The molecule has 0 aromatic rings. The highest BCUT2D eigenvalue weighted by molar-refractivity contribution is 5.71. The normalized spacial score (nSPS) is 12.3. The molecule has 6 nitrogen and oxygen atoms in total. The van der Waals surface area contributed by atoms with Gasteiger partial charge in [0.15, 0.2) is 6.10 Å². The van der Waals surface area contributed by atoms with Gasteiger partial charge in [-0.05, 0) is 83.5 Å². The molecule has 0 bridgehead atoms. The Labute approximate surface area is 467 Å². The summed E-state index contributed by atoms with van der Waals surface area (Å²) in [5, 5.41) is 0. The standard InChI is InChI=1S/C69H126O6/c1-4-7-10-13-15-17-19-21-23-25-27-29-30-31-32-33-34-35-36-37-38-40-41-43-45-47-49-51-53-56-59-62-68(71)74-65-66(64-73-67(70)61-58-55-12-9-6-3)75-69(72)63-60-57-54-52-50-48-46-44-42-39-28-26-24-22-20-18-16-14-11-8-5-2/h19-22,25-28,66H,4-18,23-24,29-65H2,1-3H3/b21-19-,22-20-,27-25-,28-26-. The molecule has 0 heterocycles. The van der Waals surface area contributed by atoms with Crippen molar-refractivity contribution in [2.24, 2.45) is 0 Å². The molecular formula is C69H126O6. The molecule has 1 unspecified atom stereocenters. The number of carbonyl (C=O) groups is 3. The second kappa shape index (κ2) is 63.9. The average molecular weight is 1050 g/mol. The van der Waals surface area contributed by atoms with Crippen LogP contribution in [0.1, 0.15) is 355 Å². The maximum atomic E-state index is 12.8. The molecule has 0 spiro atoms. The summed E-state index contributed by atoms with van der Waals surface area (Å²) >= 11 is 0. The Balaban J connectivity index is 3.95. The van der Waals surface area contributed by atoms with Crippen LogP contribution in [0.5, 0.6) is 0 Å². The highest BCUT2D eigenvalue weighted by Crippen LogP contribution is 2.17. The zero-order valence-corrected chi connectivity index (χ0v) is 50.3. The van der Waals surface area contributed by atoms with Gasteiger partial charge in [0.05, 0.1) is 0 Å². The van der Waals surface area contributed by atoms with E-state index in [0.717, 1.165) is 77.0 Å². The first-order valence-electron chi connectivity index (χ1n) is 33.1. The molecule has 6 heteroatoms. The molecule has 1 atom stereocenters. The van der Waals surface area contributed by atoms with Gasteiger partial charge >= 0.3 is 17.9 Å². The predicted octanol–water partition coefficient (Wildman–Crippen LogP) is 22.6. The third kappa shape index (κ3) is 62.1. The SMILES string of the molecule is CCCCCCC/C=C\C/C=C\CCCCCCCCCCCCCCCCCCCCCC(=O)OCC(COC(=O)CCCCCCC)OC(=O)CCCCCCCCCCC/C=C\C/C=C\CCCCCCC. The van der Waals surface area contributed by atoms with Crippen LogP contribution in [0.25, 0.3) is 0 Å². The summed E-state index contributed by atoms with van der Waals surface area (Å²) in [4.78, 5) is 37.9. The molecule has 0 aliphatic heterocycles. The van der Waals surface area contributed by atoms with Gasteiger partial charge in [0.2, 0.25) is 0 Å². The molecule has 0 rings (SSSR count). The first kappa shape index (κ1) is 72.4. The lowest BCUT2D eigenvalue weighted by Crippen LogP contribution is -2.30. The van der Waals surface area contributed by atoms with Gasteiger partial charge in [-0.1, -0.05) is 301 Å². The maximum absolute atomic E-state index is 12.8. The van der Waals surface area contributed by atoms with Crippen molar-refractivity contribution in [1.82, 2.24) is 0 Å². The second-order valence-electron chi connectivity index (χ2n) is 22.4. The predicted molar refractivity (Wildman–Crippen MR) is 325 cm³/mol. The third-order valence-electron chi connectivity index (χ3n) is 14.8. The Kier molecular flexibility index (Phi) is 61.7. The Bertz CT molecular complexity index is 1300. The number of hydrogen-bond donors (Lipinski definition) is 0. The molecule has 0 fully saturated rings. The zero-order valence-electron chi connectivity index (χ0n) is 50.3. The lowest BCUT2D eigenvalue weighted by Gasteiger charge is -2.18. The van der Waals surface area contributed by atoms with E-state index < -0.39 is 6.10 Å². The molecule has 0 aliphatic rings. The van der Waals surface area contributed by atoms with Gasteiger partial charge in [-0.3, -0.25) is 14.4 Å². The number of allylic oxidation sites excluding steroid dienone is 8. The van der Waals surface area contributed by atoms with Crippen molar-refractivity contribution < 1.29 is 28.6 Å². The quantitative estimate of drug-likeness (QED) is 0.0261. The monoisotopic (exact) mass is 1050 g/mol. The van der Waals surface area contributed by atoms with Crippen LogP contribution in [0, 0.1) is 0 Å². The van der Waals surface area contributed by atoms with Crippen molar-refractivity contribution in [2.45, 2.75) is 361 Å². The van der Waals surface area contributed by atoms with Gasteiger partial charge in [0.25, 0.3) is 0 Å². The number of hydrogen-bond acceptors (Lipinski definition) is 6. The Morgan fingerprint density at radius 1 is 0.267 bits per heavy atom. The molecule has 0 aromatic carbocycles. The molecule has 75 heavy (non-hydrogen) atoms. The van der Waals surface area contributed by atoms with E-state index in [-0.39, 0.29) is 31.1 Å². The number of esters is 3. The molecule has 438 valence electrons. The van der Waals surface area contributed by atoms with E-state index in [1.54, 1.807) is 0 Å². The number of unbranched alkanes of at least 4 members (excludes halogenated alkanes) is 42. The minimum atomic E-state index is -0.770. The van der Waals surface area contributed by atoms with Crippen LogP contribution in [0.15, 0.2) is 48.6 Å². The van der Waals surface area contributed by atoms with Crippen LogP contribution in [0.4, 0.5) is 0 Å². The summed E-state index contributed by atoms with van der Waals surface area (Å²) in [5.74, 6) is -0.871. The van der Waals surface area contributed by atoms with Crippen LogP contribution < -0.4 is 0 Å². The smallest absolute Gasteiger partial charge is 0.306 e. The summed E-state index contributed by atoms with van der Waals surface area (Å²) in [6, 6.07) is 0. The Hall–Kier alpha value is -2.63. The van der Waals surface area contributed by atoms with E-state index in [4.69, 9.17) is 14.2 Å². The summed E-state index contributed by atoms with van der Waals surface area (Å²) in [6.45, 7) is 6.58. The van der Waals surface area contributed by atoms with E-state index in [1.165, 1.54) is 238 Å².